The fourth-order valence-electron chi connectivity index (χ4n) is 2.81. The van der Waals surface area contributed by atoms with Crippen molar-refractivity contribution in [1.29, 1.82) is 0 Å². The Balaban J connectivity index is 2.11. The molecule has 2 heteroatoms. The standard InChI is InChI=1S/C15H18O2/c1-11(16)10-13-8-5-9-14(13)15(17)12-6-3-2-4-7-12/h2-4,6-7,13-14H,5,8-10H2,1H3/t13-,14-/m1/s1. The third-order valence-corrected chi connectivity index (χ3v) is 3.60. The third-order valence-electron chi connectivity index (χ3n) is 3.60. The van der Waals surface area contributed by atoms with Crippen LogP contribution < -0.4 is 0 Å². The molecule has 0 aromatic heterocycles. The van der Waals surface area contributed by atoms with Gasteiger partial charge in [0.05, 0.1) is 0 Å². The van der Waals surface area contributed by atoms with Crippen molar-refractivity contribution in [2.24, 2.45) is 11.8 Å². The monoisotopic (exact) mass is 230 g/mol. The fourth-order valence-corrected chi connectivity index (χ4v) is 2.81. The number of ketones is 2. The lowest BCUT2D eigenvalue weighted by Gasteiger charge is -2.17. The highest BCUT2D eigenvalue weighted by Gasteiger charge is 2.33. The lowest BCUT2D eigenvalue weighted by molar-refractivity contribution is -0.118. The van der Waals surface area contributed by atoms with Gasteiger partial charge in [0.1, 0.15) is 5.78 Å². The van der Waals surface area contributed by atoms with Crippen molar-refractivity contribution < 1.29 is 9.59 Å². The van der Waals surface area contributed by atoms with E-state index < -0.39 is 0 Å². The summed E-state index contributed by atoms with van der Waals surface area (Å²) in [6.07, 6.45) is 3.58. The summed E-state index contributed by atoms with van der Waals surface area (Å²) in [5, 5.41) is 0. The first kappa shape index (κ1) is 12.0. The second-order valence-corrected chi connectivity index (χ2v) is 4.93. The minimum Gasteiger partial charge on any atom is -0.300 e. The Hall–Kier alpha value is -1.44. The van der Waals surface area contributed by atoms with E-state index in [4.69, 9.17) is 0 Å². The molecule has 0 spiro atoms. The third kappa shape index (κ3) is 2.82. The lowest BCUT2D eigenvalue weighted by Crippen LogP contribution is -2.20. The van der Waals surface area contributed by atoms with Gasteiger partial charge in [0, 0.05) is 17.9 Å². The van der Waals surface area contributed by atoms with Crippen molar-refractivity contribution in [2.75, 3.05) is 0 Å². The van der Waals surface area contributed by atoms with Crippen LogP contribution in [-0.4, -0.2) is 11.6 Å². The number of carbonyl (C=O) groups is 2. The van der Waals surface area contributed by atoms with Crippen LogP contribution in [0.4, 0.5) is 0 Å². The topological polar surface area (TPSA) is 34.1 Å². The van der Waals surface area contributed by atoms with E-state index in [9.17, 15) is 9.59 Å². The molecule has 90 valence electrons. The van der Waals surface area contributed by atoms with Crippen LogP contribution in [0.5, 0.6) is 0 Å². The quantitative estimate of drug-likeness (QED) is 0.744. The van der Waals surface area contributed by atoms with E-state index in [0.717, 1.165) is 24.8 Å². The van der Waals surface area contributed by atoms with Crippen LogP contribution >= 0.6 is 0 Å². The second-order valence-electron chi connectivity index (χ2n) is 4.93. The molecular formula is C15H18O2. The summed E-state index contributed by atoms with van der Waals surface area (Å²) in [5.74, 6) is 0.735. The minimum absolute atomic E-state index is 0.0568. The van der Waals surface area contributed by atoms with Gasteiger partial charge in [-0.3, -0.25) is 4.79 Å². The molecule has 0 heterocycles. The number of Topliss-reactive ketones (excluding diaryl/α,β-unsaturated/α-hetero) is 2. The summed E-state index contributed by atoms with van der Waals surface area (Å²) in [5.41, 5.74) is 0.785. The van der Waals surface area contributed by atoms with Gasteiger partial charge in [-0.1, -0.05) is 36.8 Å². The molecule has 0 unspecified atom stereocenters. The first-order chi connectivity index (χ1) is 8.18. The van der Waals surface area contributed by atoms with E-state index >= 15 is 0 Å². The van der Waals surface area contributed by atoms with E-state index in [-0.39, 0.29) is 23.4 Å². The largest absolute Gasteiger partial charge is 0.300 e. The van der Waals surface area contributed by atoms with Gasteiger partial charge in [0.2, 0.25) is 0 Å². The number of carbonyl (C=O) groups excluding carboxylic acids is 2. The van der Waals surface area contributed by atoms with Crippen LogP contribution in [0, 0.1) is 11.8 Å². The molecule has 0 aliphatic heterocycles. The van der Waals surface area contributed by atoms with Crippen LogP contribution in [0.3, 0.4) is 0 Å². The van der Waals surface area contributed by atoms with Crippen LogP contribution in [0.15, 0.2) is 30.3 Å². The number of benzene rings is 1. The van der Waals surface area contributed by atoms with Crippen LogP contribution in [0.25, 0.3) is 0 Å². The normalized spacial score (nSPS) is 23.6. The highest BCUT2D eigenvalue weighted by molar-refractivity contribution is 5.98. The van der Waals surface area contributed by atoms with Gasteiger partial charge in [-0.25, -0.2) is 0 Å². The predicted octanol–water partition coefficient (Wildman–Crippen LogP) is 3.26. The Kier molecular flexibility index (Phi) is 3.72. The average molecular weight is 230 g/mol. The molecule has 2 atom stereocenters. The van der Waals surface area contributed by atoms with Crippen molar-refractivity contribution in [2.45, 2.75) is 32.6 Å². The van der Waals surface area contributed by atoms with E-state index in [1.807, 2.05) is 30.3 Å². The molecule has 1 aromatic carbocycles. The molecule has 0 bridgehead atoms. The van der Waals surface area contributed by atoms with Crippen molar-refractivity contribution in [3.8, 4) is 0 Å². The summed E-state index contributed by atoms with van der Waals surface area (Å²) in [6.45, 7) is 1.61. The summed E-state index contributed by atoms with van der Waals surface area (Å²) in [4.78, 5) is 23.5. The van der Waals surface area contributed by atoms with Gasteiger partial charge in [-0.05, 0) is 25.7 Å². The van der Waals surface area contributed by atoms with Crippen molar-refractivity contribution >= 4 is 11.6 Å². The molecule has 2 nitrogen and oxygen atoms in total. The molecule has 1 saturated carbocycles. The fraction of sp³-hybridized carbons (Fsp3) is 0.467. The molecule has 0 amide bonds. The van der Waals surface area contributed by atoms with E-state index in [2.05, 4.69) is 0 Å². The number of rotatable bonds is 4. The molecule has 1 aliphatic rings. The maximum absolute atomic E-state index is 12.3. The smallest absolute Gasteiger partial charge is 0.166 e. The van der Waals surface area contributed by atoms with Gasteiger partial charge < -0.3 is 4.79 Å². The maximum atomic E-state index is 12.3. The van der Waals surface area contributed by atoms with Crippen LogP contribution in [-0.2, 0) is 4.79 Å². The van der Waals surface area contributed by atoms with E-state index in [0.29, 0.717) is 6.42 Å². The molecule has 1 aliphatic carbocycles. The SMILES string of the molecule is CC(=O)C[C@H]1CCC[C@H]1C(=O)c1ccccc1. The molecule has 2 rings (SSSR count). The molecule has 17 heavy (non-hydrogen) atoms. The highest BCUT2D eigenvalue weighted by atomic mass is 16.1. The second kappa shape index (κ2) is 5.26. The average Bonchev–Trinajstić information content (AvgIpc) is 2.76. The number of hydrogen-bond acceptors (Lipinski definition) is 2. The Morgan fingerprint density at radius 1 is 1.18 bits per heavy atom. The Labute approximate surface area is 102 Å². The van der Waals surface area contributed by atoms with Crippen molar-refractivity contribution in [1.82, 2.24) is 0 Å². The van der Waals surface area contributed by atoms with Crippen LogP contribution in [0.2, 0.25) is 0 Å². The zero-order valence-corrected chi connectivity index (χ0v) is 10.2. The van der Waals surface area contributed by atoms with E-state index in [1.165, 1.54) is 0 Å². The highest BCUT2D eigenvalue weighted by Crippen LogP contribution is 2.36. The molecule has 0 saturated heterocycles. The summed E-state index contributed by atoms with van der Waals surface area (Å²) < 4.78 is 0. The van der Waals surface area contributed by atoms with Crippen LogP contribution in [0.1, 0.15) is 43.0 Å². The molecular weight excluding hydrogens is 212 g/mol. The molecule has 1 aromatic rings. The van der Waals surface area contributed by atoms with Gasteiger partial charge in [-0.2, -0.15) is 0 Å². The lowest BCUT2D eigenvalue weighted by atomic mass is 9.85. The minimum atomic E-state index is 0.0568. The van der Waals surface area contributed by atoms with Gasteiger partial charge in [0.25, 0.3) is 0 Å². The first-order valence-electron chi connectivity index (χ1n) is 6.27. The van der Waals surface area contributed by atoms with Crippen molar-refractivity contribution in [3.05, 3.63) is 35.9 Å². The van der Waals surface area contributed by atoms with Gasteiger partial charge >= 0.3 is 0 Å². The zero-order valence-electron chi connectivity index (χ0n) is 10.2. The summed E-state index contributed by atoms with van der Waals surface area (Å²) in [6, 6.07) is 9.43. The van der Waals surface area contributed by atoms with Crippen molar-refractivity contribution in [3.63, 3.8) is 0 Å². The molecule has 0 N–H and O–H groups in total. The molecule has 0 radical (unpaired) electrons. The van der Waals surface area contributed by atoms with Gasteiger partial charge in [0.15, 0.2) is 5.78 Å². The van der Waals surface area contributed by atoms with E-state index in [1.54, 1.807) is 6.92 Å². The Bertz CT molecular complexity index is 408. The Morgan fingerprint density at radius 3 is 2.53 bits per heavy atom. The Morgan fingerprint density at radius 2 is 1.88 bits per heavy atom. The molecule has 1 fully saturated rings. The summed E-state index contributed by atoms with van der Waals surface area (Å²) >= 11 is 0. The van der Waals surface area contributed by atoms with Gasteiger partial charge in [-0.15, -0.1) is 0 Å². The summed E-state index contributed by atoms with van der Waals surface area (Å²) in [7, 11) is 0. The number of hydrogen-bond donors (Lipinski definition) is 0. The zero-order chi connectivity index (χ0) is 12.3. The maximum Gasteiger partial charge on any atom is 0.166 e. The first-order valence-corrected chi connectivity index (χ1v) is 6.27. The predicted molar refractivity (Wildman–Crippen MR) is 66.9 cm³/mol.